The summed E-state index contributed by atoms with van der Waals surface area (Å²) in [7, 11) is 0.900. The van der Waals surface area contributed by atoms with Crippen LogP contribution in [0.2, 0.25) is 0 Å². The van der Waals surface area contributed by atoms with Gasteiger partial charge in [0.15, 0.2) is 0 Å². The summed E-state index contributed by atoms with van der Waals surface area (Å²) in [5, 5.41) is 3.20. The van der Waals surface area contributed by atoms with E-state index in [4.69, 9.17) is 0 Å². The van der Waals surface area contributed by atoms with Crippen LogP contribution in [0.4, 0.5) is 0 Å². The molecule has 1 aliphatic carbocycles. The lowest BCUT2D eigenvalue weighted by atomic mass is 9.90. The fraction of sp³-hybridized carbons (Fsp3) is 0.429. The third kappa shape index (κ3) is 2.60. The first-order chi connectivity index (χ1) is 7.27. The first kappa shape index (κ1) is 10.7. The Morgan fingerprint density at radius 1 is 1.20 bits per heavy atom. The molecule has 1 atom stereocenters. The molecule has 0 N–H and O–H groups in total. The quantitative estimate of drug-likeness (QED) is 0.664. The number of hydrogen-bond donors (Lipinski definition) is 0. The molecule has 0 spiro atoms. The maximum atomic E-state index is 2.37. The van der Waals surface area contributed by atoms with E-state index in [2.05, 4.69) is 44.2 Å². The molecule has 0 aromatic heterocycles. The smallest absolute Gasteiger partial charge is 0.0801 e. The molecule has 0 fully saturated rings. The normalized spacial score (nSPS) is 21.9. The standard InChI is InChI=1S/C14H18Si/c1-11-7-6-10-14(12(11)2)15-13-8-4-3-5-9-13/h3-5,8-9,11H,6-7,10H2,1-2H3. The summed E-state index contributed by atoms with van der Waals surface area (Å²) in [5.74, 6) is 0.810. The largest absolute Gasteiger partial charge is 0.115 e. The second-order valence-electron chi connectivity index (χ2n) is 4.45. The fourth-order valence-corrected chi connectivity index (χ4v) is 3.61. The molecule has 0 nitrogen and oxygen atoms in total. The summed E-state index contributed by atoms with van der Waals surface area (Å²) >= 11 is 0. The van der Waals surface area contributed by atoms with Gasteiger partial charge in [-0.3, -0.25) is 0 Å². The zero-order valence-electron chi connectivity index (χ0n) is 9.59. The number of hydrogen-bond acceptors (Lipinski definition) is 0. The van der Waals surface area contributed by atoms with Crippen LogP contribution >= 0.6 is 0 Å². The van der Waals surface area contributed by atoms with E-state index in [1.54, 1.807) is 10.8 Å². The summed E-state index contributed by atoms with van der Waals surface area (Å²) in [4.78, 5) is 0. The maximum absolute atomic E-state index is 2.37. The van der Waals surface area contributed by atoms with E-state index in [1.165, 1.54) is 24.4 Å². The van der Waals surface area contributed by atoms with Crippen LogP contribution in [0.1, 0.15) is 33.1 Å². The second-order valence-corrected chi connectivity index (χ2v) is 5.88. The van der Waals surface area contributed by atoms with Crippen LogP contribution < -0.4 is 5.19 Å². The van der Waals surface area contributed by atoms with Crippen molar-refractivity contribution in [3.05, 3.63) is 41.1 Å². The van der Waals surface area contributed by atoms with Crippen LogP contribution in [0.3, 0.4) is 0 Å². The first-order valence-corrected chi connectivity index (χ1v) is 6.79. The lowest BCUT2D eigenvalue weighted by Gasteiger charge is -2.23. The lowest BCUT2D eigenvalue weighted by Crippen LogP contribution is -2.20. The van der Waals surface area contributed by atoms with Gasteiger partial charge in [-0.1, -0.05) is 53.2 Å². The van der Waals surface area contributed by atoms with Gasteiger partial charge >= 0.3 is 0 Å². The monoisotopic (exact) mass is 214 g/mol. The van der Waals surface area contributed by atoms with Crippen LogP contribution in [0.25, 0.3) is 0 Å². The topological polar surface area (TPSA) is 0 Å². The molecule has 1 aliphatic rings. The van der Waals surface area contributed by atoms with E-state index in [9.17, 15) is 0 Å². The van der Waals surface area contributed by atoms with Gasteiger partial charge in [0.25, 0.3) is 0 Å². The van der Waals surface area contributed by atoms with Crippen molar-refractivity contribution in [3.8, 4) is 0 Å². The van der Waals surface area contributed by atoms with Crippen LogP contribution in [0.15, 0.2) is 41.1 Å². The molecular weight excluding hydrogens is 196 g/mol. The molecule has 0 saturated carbocycles. The first-order valence-electron chi connectivity index (χ1n) is 5.79. The fourth-order valence-electron chi connectivity index (χ4n) is 2.15. The molecule has 0 amide bonds. The van der Waals surface area contributed by atoms with Gasteiger partial charge < -0.3 is 0 Å². The minimum absolute atomic E-state index is 0.810. The van der Waals surface area contributed by atoms with Gasteiger partial charge in [-0.05, 0) is 32.1 Å². The van der Waals surface area contributed by atoms with E-state index < -0.39 is 0 Å². The highest BCUT2D eigenvalue weighted by Gasteiger charge is 2.16. The van der Waals surface area contributed by atoms with Gasteiger partial charge in [-0.15, -0.1) is 0 Å². The average Bonchev–Trinajstić information content (AvgIpc) is 2.26. The lowest BCUT2D eigenvalue weighted by molar-refractivity contribution is 0.546. The zero-order valence-corrected chi connectivity index (χ0v) is 10.6. The summed E-state index contributed by atoms with van der Waals surface area (Å²) < 4.78 is 0. The van der Waals surface area contributed by atoms with Crippen LogP contribution in [0, 0.1) is 5.92 Å². The summed E-state index contributed by atoms with van der Waals surface area (Å²) in [6.07, 6.45) is 4.09. The second kappa shape index (κ2) is 4.80. The Hall–Kier alpha value is -0.823. The highest BCUT2D eigenvalue weighted by Crippen LogP contribution is 2.28. The SMILES string of the molecule is CC1=C([Si]c2ccccc2)CCCC1C. The van der Waals surface area contributed by atoms with Gasteiger partial charge in [0, 0.05) is 0 Å². The molecular formula is C14H18Si. The van der Waals surface area contributed by atoms with E-state index in [-0.39, 0.29) is 0 Å². The van der Waals surface area contributed by atoms with Crippen LogP contribution in [-0.4, -0.2) is 9.52 Å². The molecule has 1 heteroatoms. The van der Waals surface area contributed by atoms with Crippen molar-refractivity contribution in [2.75, 3.05) is 0 Å². The van der Waals surface area contributed by atoms with Crippen molar-refractivity contribution in [2.45, 2.75) is 33.1 Å². The summed E-state index contributed by atoms with van der Waals surface area (Å²) in [5.41, 5.74) is 1.66. The predicted octanol–water partition coefficient (Wildman–Crippen LogP) is 3.11. The Morgan fingerprint density at radius 3 is 2.67 bits per heavy atom. The van der Waals surface area contributed by atoms with E-state index >= 15 is 0 Å². The van der Waals surface area contributed by atoms with Crippen molar-refractivity contribution >= 4 is 14.7 Å². The van der Waals surface area contributed by atoms with E-state index in [0.717, 1.165) is 15.4 Å². The third-order valence-corrected chi connectivity index (χ3v) is 4.92. The maximum Gasteiger partial charge on any atom is 0.115 e. The van der Waals surface area contributed by atoms with Crippen molar-refractivity contribution in [1.82, 2.24) is 0 Å². The molecule has 0 heterocycles. The van der Waals surface area contributed by atoms with Gasteiger partial charge in [0.05, 0.1) is 0 Å². The number of benzene rings is 1. The van der Waals surface area contributed by atoms with Crippen LogP contribution in [0.5, 0.6) is 0 Å². The van der Waals surface area contributed by atoms with Gasteiger partial charge in [0.1, 0.15) is 9.52 Å². The Bertz CT molecular complexity index is 351. The summed E-state index contributed by atoms with van der Waals surface area (Å²) in [6, 6.07) is 10.9. The van der Waals surface area contributed by atoms with Crippen molar-refractivity contribution < 1.29 is 0 Å². The van der Waals surface area contributed by atoms with Crippen molar-refractivity contribution in [3.63, 3.8) is 0 Å². The molecule has 1 aromatic rings. The molecule has 1 aromatic carbocycles. The molecule has 15 heavy (non-hydrogen) atoms. The van der Waals surface area contributed by atoms with Gasteiger partial charge in [-0.25, -0.2) is 0 Å². The molecule has 0 aliphatic heterocycles. The van der Waals surface area contributed by atoms with Crippen LogP contribution in [-0.2, 0) is 0 Å². The molecule has 0 saturated heterocycles. The Labute approximate surface area is 95.2 Å². The Kier molecular flexibility index (Phi) is 3.42. The minimum Gasteiger partial charge on any atom is -0.0801 e. The zero-order chi connectivity index (χ0) is 10.7. The van der Waals surface area contributed by atoms with Crippen molar-refractivity contribution in [1.29, 1.82) is 0 Å². The molecule has 1 unspecified atom stereocenters. The Balaban J connectivity index is 2.15. The highest BCUT2D eigenvalue weighted by atomic mass is 28.2. The van der Waals surface area contributed by atoms with Gasteiger partial charge in [0.2, 0.25) is 0 Å². The van der Waals surface area contributed by atoms with Crippen molar-refractivity contribution in [2.24, 2.45) is 5.92 Å². The number of allylic oxidation sites excluding steroid dienone is 2. The molecule has 2 radical (unpaired) electrons. The van der Waals surface area contributed by atoms with E-state index in [0.29, 0.717) is 0 Å². The third-order valence-electron chi connectivity index (χ3n) is 3.35. The molecule has 78 valence electrons. The molecule has 0 bridgehead atoms. The Morgan fingerprint density at radius 2 is 1.93 bits per heavy atom. The molecule has 2 rings (SSSR count). The minimum atomic E-state index is 0.810. The average molecular weight is 214 g/mol. The summed E-state index contributed by atoms with van der Waals surface area (Å²) in [6.45, 7) is 4.69. The number of rotatable bonds is 2. The van der Waals surface area contributed by atoms with E-state index in [1.807, 2.05) is 0 Å². The highest BCUT2D eigenvalue weighted by molar-refractivity contribution is 6.61. The predicted molar refractivity (Wildman–Crippen MR) is 67.5 cm³/mol. The van der Waals surface area contributed by atoms with Gasteiger partial charge in [-0.2, -0.15) is 0 Å².